The van der Waals surface area contributed by atoms with E-state index < -0.39 is 0 Å². The zero-order valence-electron chi connectivity index (χ0n) is 18.4. The highest BCUT2D eigenvalue weighted by Gasteiger charge is 2.38. The van der Waals surface area contributed by atoms with Crippen molar-refractivity contribution in [1.29, 1.82) is 0 Å². The van der Waals surface area contributed by atoms with Gasteiger partial charge in [0.1, 0.15) is 5.75 Å². The molecular weight excluding hydrogens is 394 g/mol. The molecule has 1 aromatic rings. The van der Waals surface area contributed by atoms with Gasteiger partial charge in [0, 0.05) is 51.6 Å². The maximum atomic E-state index is 13.0. The molecule has 1 atom stereocenters. The fourth-order valence-electron chi connectivity index (χ4n) is 4.60. The minimum atomic E-state index is -0.0891. The number of aryl methyl sites for hydroxylation is 1. The molecule has 0 bridgehead atoms. The van der Waals surface area contributed by atoms with Gasteiger partial charge in [0.05, 0.1) is 13.0 Å². The van der Waals surface area contributed by atoms with Crippen LogP contribution in [0.25, 0.3) is 0 Å². The summed E-state index contributed by atoms with van der Waals surface area (Å²) in [5.41, 5.74) is 1.12. The molecular formula is C24H33N3O4. The van der Waals surface area contributed by atoms with Crippen LogP contribution in [-0.4, -0.2) is 78.8 Å². The number of rotatable bonds is 6. The Balaban J connectivity index is 1.21. The van der Waals surface area contributed by atoms with Crippen LogP contribution in [0.5, 0.6) is 5.75 Å². The van der Waals surface area contributed by atoms with Crippen LogP contribution < -0.4 is 4.74 Å². The highest BCUT2D eigenvalue weighted by atomic mass is 16.5. The number of hydrogen-bond acceptors (Lipinski definition) is 4. The summed E-state index contributed by atoms with van der Waals surface area (Å²) in [5.74, 6) is 1.47. The lowest BCUT2D eigenvalue weighted by atomic mass is 9.95. The Bertz CT molecular complexity index is 798. The third kappa shape index (κ3) is 5.38. The number of methoxy groups -OCH3 is 1. The van der Waals surface area contributed by atoms with E-state index in [2.05, 4.69) is 0 Å². The highest BCUT2D eigenvalue weighted by molar-refractivity contribution is 5.84. The molecule has 2 aliphatic heterocycles. The van der Waals surface area contributed by atoms with E-state index in [0.29, 0.717) is 45.6 Å². The van der Waals surface area contributed by atoms with Crippen molar-refractivity contribution in [3.05, 3.63) is 29.8 Å². The summed E-state index contributed by atoms with van der Waals surface area (Å²) < 4.78 is 5.17. The summed E-state index contributed by atoms with van der Waals surface area (Å²) in [6.45, 7) is 3.69. The quantitative estimate of drug-likeness (QED) is 0.696. The van der Waals surface area contributed by atoms with Crippen LogP contribution in [0.15, 0.2) is 24.3 Å². The van der Waals surface area contributed by atoms with Crippen LogP contribution >= 0.6 is 0 Å². The van der Waals surface area contributed by atoms with E-state index in [-0.39, 0.29) is 29.6 Å². The summed E-state index contributed by atoms with van der Waals surface area (Å²) in [6.07, 6.45) is 4.94. The van der Waals surface area contributed by atoms with Crippen LogP contribution in [0.2, 0.25) is 0 Å². The van der Waals surface area contributed by atoms with Crippen LogP contribution in [0.4, 0.5) is 0 Å². The third-order valence-corrected chi connectivity index (χ3v) is 6.74. The second-order valence-corrected chi connectivity index (χ2v) is 8.95. The van der Waals surface area contributed by atoms with Crippen molar-refractivity contribution < 1.29 is 19.1 Å². The Kier molecular flexibility index (Phi) is 6.78. The summed E-state index contributed by atoms with van der Waals surface area (Å²) >= 11 is 0. The van der Waals surface area contributed by atoms with Gasteiger partial charge < -0.3 is 19.4 Å². The molecule has 2 heterocycles. The molecule has 0 spiro atoms. The average molecular weight is 428 g/mol. The summed E-state index contributed by atoms with van der Waals surface area (Å²) in [6, 6.07) is 7.80. The first-order valence-electron chi connectivity index (χ1n) is 11.5. The number of hydrogen-bond donors (Lipinski definition) is 0. The molecule has 0 N–H and O–H groups in total. The van der Waals surface area contributed by atoms with Gasteiger partial charge in [0.2, 0.25) is 17.7 Å². The largest absolute Gasteiger partial charge is 0.497 e. The molecule has 1 unspecified atom stereocenters. The molecule has 3 fully saturated rings. The molecule has 3 aliphatic rings. The first-order valence-corrected chi connectivity index (χ1v) is 11.5. The number of likely N-dealkylation sites (tertiary alicyclic amines) is 1. The Labute approximate surface area is 184 Å². The van der Waals surface area contributed by atoms with Gasteiger partial charge >= 0.3 is 0 Å². The van der Waals surface area contributed by atoms with Crippen LogP contribution in [0.1, 0.15) is 37.7 Å². The van der Waals surface area contributed by atoms with Crippen molar-refractivity contribution in [3.8, 4) is 5.75 Å². The van der Waals surface area contributed by atoms with E-state index >= 15 is 0 Å². The Hall–Kier alpha value is -2.57. The highest BCUT2D eigenvalue weighted by Crippen LogP contribution is 2.32. The predicted molar refractivity (Wildman–Crippen MR) is 117 cm³/mol. The number of piperidine rings is 1. The number of nitrogens with zero attached hydrogens (tertiary/aromatic N) is 3. The lowest BCUT2D eigenvalue weighted by Crippen LogP contribution is -2.54. The van der Waals surface area contributed by atoms with Crippen molar-refractivity contribution in [1.82, 2.24) is 14.7 Å². The fourth-order valence-corrected chi connectivity index (χ4v) is 4.60. The number of piperazine rings is 1. The maximum Gasteiger partial charge on any atom is 0.227 e. The van der Waals surface area contributed by atoms with E-state index in [1.54, 1.807) is 7.11 Å². The number of amides is 3. The van der Waals surface area contributed by atoms with Crippen LogP contribution in [-0.2, 0) is 20.8 Å². The van der Waals surface area contributed by atoms with E-state index in [0.717, 1.165) is 43.5 Å². The van der Waals surface area contributed by atoms with Gasteiger partial charge in [-0.15, -0.1) is 0 Å². The van der Waals surface area contributed by atoms with E-state index in [9.17, 15) is 14.4 Å². The zero-order valence-corrected chi connectivity index (χ0v) is 18.4. The Morgan fingerprint density at radius 1 is 0.839 bits per heavy atom. The van der Waals surface area contributed by atoms with Gasteiger partial charge in [0.25, 0.3) is 0 Å². The van der Waals surface area contributed by atoms with Crippen LogP contribution in [0.3, 0.4) is 0 Å². The first-order chi connectivity index (χ1) is 15.0. The third-order valence-electron chi connectivity index (χ3n) is 6.74. The number of carbonyl (C=O) groups excluding carboxylic acids is 3. The predicted octanol–water partition coefficient (Wildman–Crippen LogP) is 1.95. The molecule has 3 amide bonds. The monoisotopic (exact) mass is 427 g/mol. The van der Waals surface area contributed by atoms with Gasteiger partial charge in [-0.3, -0.25) is 14.4 Å². The molecule has 7 nitrogen and oxygen atoms in total. The lowest BCUT2D eigenvalue weighted by molar-refractivity contribution is -0.145. The van der Waals surface area contributed by atoms with Crippen molar-refractivity contribution in [3.63, 3.8) is 0 Å². The first kappa shape index (κ1) is 21.7. The smallest absolute Gasteiger partial charge is 0.227 e. The Morgan fingerprint density at radius 2 is 1.48 bits per heavy atom. The van der Waals surface area contributed by atoms with E-state index in [4.69, 9.17) is 4.74 Å². The maximum absolute atomic E-state index is 13.0. The van der Waals surface area contributed by atoms with Gasteiger partial charge in [-0.05, 0) is 49.8 Å². The normalized spacial score (nSPS) is 21.7. The molecule has 4 rings (SSSR count). The number of ether oxygens (including phenoxy) is 1. The van der Waals surface area contributed by atoms with Crippen molar-refractivity contribution in [2.75, 3.05) is 46.4 Å². The second-order valence-electron chi connectivity index (χ2n) is 8.95. The van der Waals surface area contributed by atoms with E-state index in [1.807, 2.05) is 39.0 Å². The van der Waals surface area contributed by atoms with Gasteiger partial charge in [-0.2, -0.15) is 0 Å². The zero-order chi connectivity index (χ0) is 21.8. The molecule has 7 heteroatoms. The molecule has 2 saturated heterocycles. The molecule has 0 radical (unpaired) electrons. The molecule has 1 aliphatic carbocycles. The fraction of sp³-hybridized carbons (Fsp3) is 0.625. The van der Waals surface area contributed by atoms with E-state index in [1.165, 1.54) is 0 Å². The second kappa shape index (κ2) is 9.71. The minimum absolute atomic E-state index is 0.0891. The number of benzene rings is 1. The molecule has 0 aromatic heterocycles. The molecule has 1 aromatic carbocycles. The summed E-state index contributed by atoms with van der Waals surface area (Å²) in [5, 5.41) is 0. The molecule has 31 heavy (non-hydrogen) atoms. The lowest BCUT2D eigenvalue weighted by Gasteiger charge is -2.39. The molecule has 168 valence electrons. The minimum Gasteiger partial charge on any atom is -0.497 e. The van der Waals surface area contributed by atoms with Crippen molar-refractivity contribution in [2.24, 2.45) is 11.8 Å². The SMILES string of the molecule is COc1ccc(CCC(=O)N2CCN(C(=O)C3CCCN(C(=O)C4CC4)C3)CC2)cc1. The van der Waals surface area contributed by atoms with Gasteiger partial charge in [-0.1, -0.05) is 12.1 Å². The number of carbonyl (C=O) groups is 3. The van der Waals surface area contributed by atoms with Gasteiger partial charge in [-0.25, -0.2) is 0 Å². The van der Waals surface area contributed by atoms with Gasteiger partial charge in [0.15, 0.2) is 0 Å². The van der Waals surface area contributed by atoms with Crippen LogP contribution in [0, 0.1) is 11.8 Å². The Morgan fingerprint density at radius 3 is 2.13 bits per heavy atom. The summed E-state index contributed by atoms with van der Waals surface area (Å²) in [4.78, 5) is 43.7. The summed E-state index contributed by atoms with van der Waals surface area (Å²) in [7, 11) is 1.64. The topological polar surface area (TPSA) is 70.2 Å². The van der Waals surface area contributed by atoms with Crippen molar-refractivity contribution in [2.45, 2.75) is 38.5 Å². The van der Waals surface area contributed by atoms with Crippen molar-refractivity contribution >= 4 is 17.7 Å². The standard InChI is InChI=1S/C24H33N3O4/c1-31-21-9-4-18(5-10-21)6-11-22(28)25-13-15-26(16-14-25)24(30)20-3-2-12-27(17-20)23(29)19-7-8-19/h4-5,9-10,19-20H,2-3,6-8,11-17H2,1H3. The average Bonchev–Trinajstić information content (AvgIpc) is 3.67. The molecule has 1 saturated carbocycles.